The largest absolute Gasteiger partial charge is 0.381 e. The molecule has 0 heterocycles. The molecule has 1 atom stereocenters. The second kappa shape index (κ2) is 6.49. The van der Waals surface area contributed by atoms with Crippen molar-refractivity contribution in [2.75, 3.05) is 7.11 Å². The quantitative estimate of drug-likeness (QED) is 0.430. The maximum absolute atomic E-state index is 9.84. The van der Waals surface area contributed by atoms with Gasteiger partial charge in [-0.2, -0.15) is 0 Å². The Morgan fingerprint density at radius 1 is 1.60 bits per heavy atom. The molecule has 58 valence electrons. The summed E-state index contributed by atoms with van der Waals surface area (Å²) in [5.74, 6) is 0. The van der Waals surface area contributed by atoms with Crippen LogP contribution in [0.5, 0.6) is 0 Å². The molecule has 0 amide bonds. The molecular formula is C8H14O2. The van der Waals surface area contributed by atoms with Crippen LogP contribution in [-0.2, 0) is 9.53 Å². The Balaban J connectivity index is 3.43. The lowest BCUT2D eigenvalue weighted by Gasteiger charge is -2.08. The van der Waals surface area contributed by atoms with Crippen LogP contribution in [0.2, 0.25) is 0 Å². The van der Waals surface area contributed by atoms with Gasteiger partial charge in [0.1, 0.15) is 6.29 Å². The number of methoxy groups -OCH3 is 1. The highest BCUT2D eigenvalue weighted by Crippen LogP contribution is 2.01. The normalized spacial score (nSPS) is 13.8. The molecule has 0 fully saturated rings. The van der Waals surface area contributed by atoms with Crippen molar-refractivity contribution in [1.29, 1.82) is 0 Å². The van der Waals surface area contributed by atoms with E-state index in [2.05, 4.69) is 6.92 Å². The van der Waals surface area contributed by atoms with Crippen LogP contribution in [0.4, 0.5) is 0 Å². The van der Waals surface area contributed by atoms with Gasteiger partial charge in [-0.15, -0.1) is 0 Å². The van der Waals surface area contributed by atoms with E-state index in [-0.39, 0.29) is 6.10 Å². The minimum atomic E-state index is 0.260. The van der Waals surface area contributed by atoms with Crippen molar-refractivity contribution in [3.05, 3.63) is 12.2 Å². The molecule has 1 unspecified atom stereocenters. The number of ether oxygens (including phenoxy) is 1. The molecule has 2 heteroatoms. The van der Waals surface area contributed by atoms with E-state index in [1.807, 2.05) is 6.08 Å². The highest BCUT2D eigenvalue weighted by molar-refractivity contribution is 5.64. The van der Waals surface area contributed by atoms with E-state index >= 15 is 0 Å². The predicted octanol–water partition coefficient (Wildman–Crippen LogP) is 1.56. The predicted molar refractivity (Wildman–Crippen MR) is 40.9 cm³/mol. The van der Waals surface area contributed by atoms with Crippen molar-refractivity contribution in [2.45, 2.75) is 25.9 Å². The molecule has 0 aliphatic heterocycles. The number of hydrogen-bond acceptors (Lipinski definition) is 2. The Hall–Kier alpha value is -0.630. The number of carbonyl (C=O) groups is 1. The zero-order valence-corrected chi connectivity index (χ0v) is 6.54. The third-order valence-corrected chi connectivity index (χ3v) is 1.40. The Morgan fingerprint density at radius 3 is 2.70 bits per heavy atom. The fraction of sp³-hybridized carbons (Fsp3) is 0.625. The van der Waals surface area contributed by atoms with Gasteiger partial charge in [-0.3, -0.25) is 4.79 Å². The monoisotopic (exact) mass is 142 g/mol. The van der Waals surface area contributed by atoms with E-state index in [0.29, 0.717) is 0 Å². The Morgan fingerprint density at radius 2 is 2.30 bits per heavy atom. The van der Waals surface area contributed by atoms with E-state index in [4.69, 9.17) is 4.74 Å². The summed E-state index contributed by atoms with van der Waals surface area (Å²) in [5, 5.41) is 0. The first-order valence-corrected chi connectivity index (χ1v) is 3.48. The molecule has 0 aromatic carbocycles. The van der Waals surface area contributed by atoms with Crippen molar-refractivity contribution in [2.24, 2.45) is 0 Å². The van der Waals surface area contributed by atoms with Crippen molar-refractivity contribution < 1.29 is 9.53 Å². The first-order valence-electron chi connectivity index (χ1n) is 3.48. The van der Waals surface area contributed by atoms with Gasteiger partial charge in [-0.25, -0.2) is 0 Å². The third kappa shape index (κ3) is 4.27. The van der Waals surface area contributed by atoms with Gasteiger partial charge in [0.2, 0.25) is 0 Å². The maximum Gasteiger partial charge on any atom is 0.142 e. The van der Waals surface area contributed by atoms with Crippen LogP contribution in [0, 0.1) is 0 Å². The second-order valence-electron chi connectivity index (χ2n) is 2.07. The molecule has 0 aliphatic carbocycles. The van der Waals surface area contributed by atoms with Crippen LogP contribution in [0.25, 0.3) is 0 Å². The second-order valence-corrected chi connectivity index (χ2v) is 2.07. The van der Waals surface area contributed by atoms with Crippen molar-refractivity contribution in [1.82, 2.24) is 0 Å². The molecule has 0 aromatic heterocycles. The summed E-state index contributed by atoms with van der Waals surface area (Å²) < 4.78 is 5.08. The van der Waals surface area contributed by atoms with Crippen molar-refractivity contribution in [3.63, 3.8) is 0 Å². The molecule has 0 rings (SSSR count). The number of allylic oxidation sites excluding steroid dienone is 1. The Labute approximate surface area is 61.9 Å². The van der Waals surface area contributed by atoms with E-state index in [0.717, 1.165) is 19.1 Å². The summed E-state index contributed by atoms with van der Waals surface area (Å²) in [4.78, 5) is 9.84. The zero-order chi connectivity index (χ0) is 7.82. The molecule has 2 nitrogen and oxygen atoms in total. The molecule has 0 saturated carbocycles. The lowest BCUT2D eigenvalue weighted by atomic mass is 10.2. The molecule has 0 bridgehead atoms. The zero-order valence-electron chi connectivity index (χ0n) is 6.54. The number of hydrogen-bond donors (Lipinski definition) is 0. The standard InChI is InChI=1S/C8H14O2/c1-3-8(10-2)6-4-5-7-9/h4-5,7-8H,3,6H2,1-2H3. The minimum absolute atomic E-state index is 0.260. The molecular weight excluding hydrogens is 128 g/mol. The van der Waals surface area contributed by atoms with Gasteiger partial charge in [-0.05, 0) is 18.9 Å². The Bertz CT molecular complexity index is 104. The maximum atomic E-state index is 9.84. The first-order chi connectivity index (χ1) is 4.85. The van der Waals surface area contributed by atoms with Gasteiger partial charge in [0.05, 0.1) is 6.10 Å². The molecule has 0 aromatic rings. The van der Waals surface area contributed by atoms with Crippen LogP contribution in [0.15, 0.2) is 12.2 Å². The van der Waals surface area contributed by atoms with Crippen LogP contribution in [-0.4, -0.2) is 19.5 Å². The van der Waals surface area contributed by atoms with Gasteiger partial charge in [0, 0.05) is 7.11 Å². The van der Waals surface area contributed by atoms with Gasteiger partial charge < -0.3 is 4.74 Å². The number of rotatable bonds is 5. The average Bonchev–Trinajstić information content (AvgIpc) is 1.99. The summed E-state index contributed by atoms with van der Waals surface area (Å²) in [7, 11) is 1.68. The van der Waals surface area contributed by atoms with Crippen molar-refractivity contribution in [3.8, 4) is 0 Å². The van der Waals surface area contributed by atoms with E-state index in [9.17, 15) is 4.79 Å². The van der Waals surface area contributed by atoms with E-state index in [1.165, 1.54) is 6.08 Å². The molecule has 0 radical (unpaired) electrons. The summed E-state index contributed by atoms with van der Waals surface area (Å²) in [6.07, 6.45) is 6.18. The Kier molecular flexibility index (Phi) is 6.08. The van der Waals surface area contributed by atoms with Crippen molar-refractivity contribution >= 4 is 6.29 Å². The highest BCUT2D eigenvalue weighted by atomic mass is 16.5. The van der Waals surface area contributed by atoms with Crippen LogP contribution < -0.4 is 0 Å². The lowest BCUT2D eigenvalue weighted by Crippen LogP contribution is -2.06. The fourth-order valence-corrected chi connectivity index (χ4v) is 0.715. The van der Waals surface area contributed by atoms with Gasteiger partial charge >= 0.3 is 0 Å². The lowest BCUT2D eigenvalue weighted by molar-refractivity contribution is -0.104. The summed E-state index contributed by atoms with van der Waals surface area (Å²) >= 11 is 0. The molecule has 0 spiro atoms. The number of aldehydes is 1. The topological polar surface area (TPSA) is 26.3 Å². The SMILES string of the molecule is CCC(CC=CC=O)OC. The third-order valence-electron chi connectivity index (χ3n) is 1.40. The van der Waals surface area contributed by atoms with E-state index < -0.39 is 0 Å². The van der Waals surface area contributed by atoms with Gasteiger partial charge in [0.15, 0.2) is 0 Å². The van der Waals surface area contributed by atoms with Crippen LogP contribution in [0.1, 0.15) is 19.8 Å². The van der Waals surface area contributed by atoms with Crippen LogP contribution in [0.3, 0.4) is 0 Å². The summed E-state index contributed by atoms with van der Waals surface area (Å²) in [6, 6.07) is 0. The van der Waals surface area contributed by atoms with Crippen LogP contribution >= 0.6 is 0 Å². The highest BCUT2D eigenvalue weighted by Gasteiger charge is 1.98. The molecule has 0 N–H and O–H groups in total. The first kappa shape index (κ1) is 9.37. The number of carbonyl (C=O) groups excluding carboxylic acids is 1. The minimum Gasteiger partial charge on any atom is -0.381 e. The molecule has 0 saturated heterocycles. The summed E-state index contributed by atoms with van der Waals surface area (Å²) in [6.45, 7) is 2.06. The molecule has 0 aliphatic rings. The summed E-state index contributed by atoms with van der Waals surface area (Å²) in [5.41, 5.74) is 0. The smallest absolute Gasteiger partial charge is 0.142 e. The fourth-order valence-electron chi connectivity index (χ4n) is 0.715. The van der Waals surface area contributed by atoms with Gasteiger partial charge in [-0.1, -0.05) is 13.0 Å². The molecule has 10 heavy (non-hydrogen) atoms. The van der Waals surface area contributed by atoms with E-state index in [1.54, 1.807) is 7.11 Å². The average molecular weight is 142 g/mol. The van der Waals surface area contributed by atoms with Gasteiger partial charge in [0.25, 0.3) is 0 Å².